The predicted octanol–water partition coefficient (Wildman–Crippen LogP) is 1.77. The lowest BCUT2D eigenvalue weighted by molar-refractivity contribution is 0.113. The molecular weight excluding hydrogens is 317 g/mol. The number of likely N-dealkylation sites (tertiary alicyclic amines) is 1. The van der Waals surface area contributed by atoms with E-state index in [2.05, 4.69) is 49.5 Å². The molecule has 5 heteroatoms. The molecule has 1 aromatic heterocycles. The molecule has 2 rings (SSSR count). The van der Waals surface area contributed by atoms with Gasteiger partial charge in [-0.1, -0.05) is 0 Å². The van der Waals surface area contributed by atoms with E-state index in [1.165, 1.54) is 19.4 Å². The largest absolute Gasteiger partial charge is 0.383 e. The van der Waals surface area contributed by atoms with Gasteiger partial charge in [0.05, 0.1) is 12.6 Å². The molecule has 0 saturated carbocycles. The van der Waals surface area contributed by atoms with Crippen molar-refractivity contribution >= 4 is 22.6 Å². The first-order chi connectivity index (χ1) is 7.79. The van der Waals surface area contributed by atoms with Crippen LogP contribution in [0.1, 0.15) is 18.9 Å². The Morgan fingerprint density at radius 1 is 1.62 bits per heavy atom. The Morgan fingerprint density at radius 2 is 2.50 bits per heavy atom. The van der Waals surface area contributed by atoms with E-state index in [4.69, 9.17) is 4.74 Å². The van der Waals surface area contributed by atoms with Gasteiger partial charge >= 0.3 is 0 Å². The molecule has 4 nitrogen and oxygen atoms in total. The molecule has 2 heterocycles. The molecule has 0 spiro atoms. The Balaban J connectivity index is 1.91. The van der Waals surface area contributed by atoms with Crippen LogP contribution in [0.4, 0.5) is 0 Å². The van der Waals surface area contributed by atoms with Crippen molar-refractivity contribution in [3.63, 3.8) is 0 Å². The Morgan fingerprint density at radius 3 is 3.19 bits per heavy atom. The van der Waals surface area contributed by atoms with Gasteiger partial charge < -0.3 is 4.74 Å². The molecule has 1 aromatic rings. The van der Waals surface area contributed by atoms with Crippen molar-refractivity contribution < 1.29 is 4.74 Å². The van der Waals surface area contributed by atoms with Crippen LogP contribution in [-0.2, 0) is 4.74 Å². The van der Waals surface area contributed by atoms with Gasteiger partial charge in [-0.2, -0.15) is 5.10 Å². The van der Waals surface area contributed by atoms with Crippen LogP contribution >= 0.6 is 22.6 Å². The van der Waals surface area contributed by atoms with Gasteiger partial charge in [0.1, 0.15) is 3.70 Å². The summed E-state index contributed by atoms with van der Waals surface area (Å²) in [6, 6.07) is 2.60. The van der Waals surface area contributed by atoms with Crippen LogP contribution in [0, 0.1) is 3.70 Å². The minimum Gasteiger partial charge on any atom is -0.383 e. The zero-order valence-electron chi connectivity index (χ0n) is 9.60. The molecule has 0 N–H and O–H groups in total. The first-order valence-electron chi connectivity index (χ1n) is 5.71. The number of hydrogen-bond acceptors (Lipinski definition) is 3. The average molecular weight is 335 g/mol. The molecule has 1 aliphatic heterocycles. The Bertz CT molecular complexity index is 329. The van der Waals surface area contributed by atoms with E-state index in [0.717, 1.165) is 23.4 Å². The lowest BCUT2D eigenvalue weighted by Crippen LogP contribution is -2.38. The van der Waals surface area contributed by atoms with Gasteiger partial charge in [-0.25, -0.2) is 0 Å². The monoisotopic (exact) mass is 335 g/mol. The van der Waals surface area contributed by atoms with Crippen LogP contribution in [0.3, 0.4) is 0 Å². The molecule has 1 atom stereocenters. The minimum absolute atomic E-state index is 0.536. The summed E-state index contributed by atoms with van der Waals surface area (Å²) in [5, 5.41) is 4.49. The number of halogens is 1. The van der Waals surface area contributed by atoms with Crippen LogP contribution in [0.15, 0.2) is 12.3 Å². The molecule has 0 amide bonds. The van der Waals surface area contributed by atoms with Crippen molar-refractivity contribution in [3.8, 4) is 0 Å². The van der Waals surface area contributed by atoms with E-state index >= 15 is 0 Å². The minimum atomic E-state index is 0.536. The summed E-state index contributed by atoms with van der Waals surface area (Å²) in [5.74, 6) is 0. The number of ether oxygens (including phenoxy) is 1. The van der Waals surface area contributed by atoms with Crippen LogP contribution in [0.2, 0.25) is 0 Å². The summed E-state index contributed by atoms with van der Waals surface area (Å²) in [6.45, 7) is 4.15. The van der Waals surface area contributed by atoms with E-state index in [9.17, 15) is 0 Å². The second-order valence-corrected chi connectivity index (χ2v) is 5.31. The second kappa shape index (κ2) is 5.97. The third-order valence-electron chi connectivity index (χ3n) is 3.04. The standard InChI is InChI=1S/C11H18IN3O/c1-16-8-7-14-5-2-3-10(9-14)15-6-4-11(12)13-15/h4,6,10H,2-3,5,7-9H2,1H3/t10-/m0/s1. The summed E-state index contributed by atoms with van der Waals surface area (Å²) in [6.07, 6.45) is 4.58. The number of methoxy groups -OCH3 is 1. The van der Waals surface area contributed by atoms with Crippen molar-refractivity contribution in [1.29, 1.82) is 0 Å². The maximum Gasteiger partial charge on any atom is 0.123 e. The van der Waals surface area contributed by atoms with Crippen LogP contribution < -0.4 is 0 Å². The highest BCUT2D eigenvalue weighted by Crippen LogP contribution is 2.20. The lowest BCUT2D eigenvalue weighted by atomic mass is 10.1. The van der Waals surface area contributed by atoms with Gasteiger partial charge in [0, 0.05) is 26.4 Å². The fraction of sp³-hybridized carbons (Fsp3) is 0.727. The van der Waals surface area contributed by atoms with E-state index < -0.39 is 0 Å². The lowest BCUT2D eigenvalue weighted by Gasteiger charge is -2.32. The van der Waals surface area contributed by atoms with Crippen molar-refractivity contribution in [1.82, 2.24) is 14.7 Å². The van der Waals surface area contributed by atoms with Crippen molar-refractivity contribution in [2.24, 2.45) is 0 Å². The molecule has 16 heavy (non-hydrogen) atoms. The Kier molecular flexibility index (Phi) is 4.60. The maximum absolute atomic E-state index is 5.12. The highest BCUT2D eigenvalue weighted by Gasteiger charge is 2.21. The fourth-order valence-electron chi connectivity index (χ4n) is 2.19. The van der Waals surface area contributed by atoms with Crippen molar-refractivity contribution in [3.05, 3.63) is 16.0 Å². The molecule has 0 aromatic carbocycles. The summed E-state index contributed by atoms with van der Waals surface area (Å²) >= 11 is 2.26. The smallest absolute Gasteiger partial charge is 0.123 e. The number of rotatable bonds is 4. The molecule has 0 unspecified atom stereocenters. The van der Waals surface area contributed by atoms with E-state index in [-0.39, 0.29) is 0 Å². The zero-order valence-corrected chi connectivity index (χ0v) is 11.8. The first-order valence-corrected chi connectivity index (χ1v) is 6.79. The number of nitrogens with zero attached hydrogens (tertiary/aromatic N) is 3. The molecule has 1 aliphatic rings. The topological polar surface area (TPSA) is 30.3 Å². The average Bonchev–Trinajstić information content (AvgIpc) is 2.74. The second-order valence-electron chi connectivity index (χ2n) is 4.21. The van der Waals surface area contributed by atoms with Gasteiger partial charge in [0.2, 0.25) is 0 Å². The molecular formula is C11H18IN3O. The van der Waals surface area contributed by atoms with Crippen molar-refractivity contribution in [2.75, 3.05) is 33.4 Å². The van der Waals surface area contributed by atoms with Gasteiger partial charge in [-0.3, -0.25) is 9.58 Å². The number of hydrogen-bond donors (Lipinski definition) is 0. The van der Waals surface area contributed by atoms with Crippen LogP contribution in [-0.4, -0.2) is 48.0 Å². The zero-order chi connectivity index (χ0) is 11.4. The van der Waals surface area contributed by atoms with E-state index in [0.29, 0.717) is 6.04 Å². The Hall–Kier alpha value is -0.140. The molecule has 90 valence electrons. The molecule has 0 radical (unpaired) electrons. The number of piperidine rings is 1. The molecule has 0 bridgehead atoms. The van der Waals surface area contributed by atoms with Gasteiger partial charge in [0.15, 0.2) is 0 Å². The predicted molar refractivity (Wildman–Crippen MR) is 71.5 cm³/mol. The summed E-state index contributed by atoms with van der Waals surface area (Å²) < 4.78 is 8.31. The number of aromatic nitrogens is 2. The van der Waals surface area contributed by atoms with Gasteiger partial charge in [0.25, 0.3) is 0 Å². The summed E-state index contributed by atoms with van der Waals surface area (Å²) in [7, 11) is 1.76. The molecule has 0 aliphatic carbocycles. The molecule has 1 fully saturated rings. The first kappa shape index (κ1) is 12.3. The van der Waals surface area contributed by atoms with Gasteiger partial charge in [-0.05, 0) is 48.0 Å². The third kappa shape index (κ3) is 3.18. The fourth-order valence-corrected chi connectivity index (χ4v) is 2.60. The quantitative estimate of drug-likeness (QED) is 0.786. The Labute approximate surface area is 110 Å². The summed E-state index contributed by atoms with van der Waals surface area (Å²) in [5.41, 5.74) is 0. The van der Waals surface area contributed by atoms with Crippen LogP contribution in [0.25, 0.3) is 0 Å². The van der Waals surface area contributed by atoms with E-state index in [1.807, 2.05) is 0 Å². The third-order valence-corrected chi connectivity index (χ3v) is 3.62. The van der Waals surface area contributed by atoms with Gasteiger partial charge in [-0.15, -0.1) is 0 Å². The highest BCUT2D eigenvalue weighted by molar-refractivity contribution is 14.1. The maximum atomic E-state index is 5.12. The summed E-state index contributed by atoms with van der Waals surface area (Å²) in [4.78, 5) is 2.46. The highest BCUT2D eigenvalue weighted by atomic mass is 127. The van der Waals surface area contributed by atoms with Crippen LogP contribution in [0.5, 0.6) is 0 Å². The molecule has 1 saturated heterocycles. The van der Waals surface area contributed by atoms with E-state index in [1.54, 1.807) is 7.11 Å². The van der Waals surface area contributed by atoms with Crippen molar-refractivity contribution in [2.45, 2.75) is 18.9 Å². The normalized spacial score (nSPS) is 22.5. The SMILES string of the molecule is COCCN1CCC[C@H](n2ccc(I)n2)C1.